The highest BCUT2D eigenvalue weighted by atomic mass is 16.6. The summed E-state index contributed by atoms with van der Waals surface area (Å²) >= 11 is 0. The Kier molecular flexibility index (Phi) is 7.40. The summed E-state index contributed by atoms with van der Waals surface area (Å²) in [4.78, 5) is 26.6. The molecular weight excluding hydrogens is 470 g/mol. The lowest BCUT2D eigenvalue weighted by Crippen LogP contribution is -2.68. The van der Waals surface area contributed by atoms with Crippen LogP contribution in [-0.2, 0) is 14.3 Å². The molecule has 0 aromatic carbocycles. The molecule has 4 aliphatic rings. The average molecular weight is 524 g/mol. The molecule has 4 bridgehead atoms. The van der Waals surface area contributed by atoms with E-state index in [2.05, 4.69) is 5.32 Å². The number of hydrogen-bond donors (Lipinski definition) is 5. The van der Waals surface area contributed by atoms with Crippen molar-refractivity contribution in [2.24, 2.45) is 28.2 Å². The van der Waals surface area contributed by atoms with Gasteiger partial charge in [-0.3, -0.25) is 9.59 Å². The van der Waals surface area contributed by atoms with Gasteiger partial charge < -0.3 is 31.7 Å². The van der Waals surface area contributed by atoms with Crippen LogP contribution in [0, 0.1) is 16.7 Å². The van der Waals surface area contributed by atoms with Gasteiger partial charge in [-0.15, -0.1) is 0 Å². The summed E-state index contributed by atoms with van der Waals surface area (Å²) in [7, 11) is 0. The minimum atomic E-state index is -1.07. The van der Waals surface area contributed by atoms with Gasteiger partial charge in [-0.2, -0.15) is 0 Å². The molecule has 0 aromatic rings. The normalized spacial score (nSPS) is 35.1. The van der Waals surface area contributed by atoms with Gasteiger partial charge in [-0.25, -0.2) is 0 Å². The fourth-order valence-corrected chi connectivity index (χ4v) is 7.93. The van der Waals surface area contributed by atoms with Crippen molar-refractivity contribution in [1.29, 1.82) is 0 Å². The van der Waals surface area contributed by atoms with E-state index in [-0.39, 0.29) is 11.7 Å². The number of esters is 1. The number of ketones is 1. The number of hydrogen-bond acceptors (Lipinski definition) is 8. The Morgan fingerprint density at radius 2 is 1.41 bits per heavy atom. The molecule has 8 nitrogen and oxygen atoms in total. The Hall–Kier alpha value is -1.06. The molecule has 0 radical (unpaired) electrons. The van der Waals surface area contributed by atoms with Crippen LogP contribution in [0.4, 0.5) is 0 Å². The van der Waals surface area contributed by atoms with Crippen molar-refractivity contribution in [3.8, 4) is 0 Å². The highest BCUT2D eigenvalue weighted by Gasteiger charge is 2.65. The van der Waals surface area contributed by atoms with Gasteiger partial charge in [0.15, 0.2) is 0 Å². The Bertz CT molecular complexity index is 901. The van der Waals surface area contributed by atoms with Gasteiger partial charge in [0.25, 0.3) is 0 Å². The van der Waals surface area contributed by atoms with Crippen molar-refractivity contribution >= 4 is 11.8 Å². The van der Waals surface area contributed by atoms with Crippen LogP contribution in [0.25, 0.3) is 0 Å². The van der Waals surface area contributed by atoms with Gasteiger partial charge in [-0.1, -0.05) is 6.92 Å². The highest BCUT2D eigenvalue weighted by molar-refractivity contribution is 5.82. The summed E-state index contributed by atoms with van der Waals surface area (Å²) in [6.45, 7) is 17.3. The molecular formula is C29H53N3O5. The molecule has 0 saturated heterocycles. The lowest BCUT2D eigenvalue weighted by atomic mass is 9.50. The van der Waals surface area contributed by atoms with Crippen molar-refractivity contribution in [3.63, 3.8) is 0 Å². The number of carbonyl (C=O) groups is 2. The topological polar surface area (TPSA) is 148 Å². The van der Waals surface area contributed by atoms with Gasteiger partial charge in [0.2, 0.25) is 0 Å². The second kappa shape index (κ2) is 8.98. The first kappa shape index (κ1) is 30.5. The number of nitrogens with two attached hydrogens (primary N) is 2. The fraction of sp³-hybridized carbons (Fsp3) is 0.931. The molecule has 4 saturated carbocycles. The van der Waals surface area contributed by atoms with Crippen molar-refractivity contribution < 1.29 is 24.5 Å². The maximum absolute atomic E-state index is 14.0. The summed E-state index contributed by atoms with van der Waals surface area (Å²) in [6.07, 6.45) is 3.93. The first-order valence-electron chi connectivity index (χ1n) is 13.9. The third-order valence-electron chi connectivity index (χ3n) is 9.59. The first-order valence-corrected chi connectivity index (χ1v) is 13.9. The monoisotopic (exact) mass is 523 g/mol. The number of Topliss-reactive ketones (excluding diaryl/α,β-unsaturated/α-hetero) is 1. The molecule has 4 rings (SSSR count). The molecule has 0 heterocycles. The zero-order valence-electron chi connectivity index (χ0n) is 24.7. The van der Waals surface area contributed by atoms with Crippen molar-refractivity contribution in [1.82, 2.24) is 5.32 Å². The van der Waals surface area contributed by atoms with E-state index in [9.17, 15) is 19.8 Å². The number of carbonyl (C=O) groups excluding carboxylic acids is 2. The van der Waals surface area contributed by atoms with E-state index in [4.69, 9.17) is 16.2 Å². The van der Waals surface area contributed by atoms with E-state index < -0.39 is 50.2 Å². The molecule has 4 aliphatic carbocycles. The van der Waals surface area contributed by atoms with E-state index in [0.29, 0.717) is 57.9 Å². The van der Waals surface area contributed by atoms with Crippen LogP contribution in [-0.4, -0.2) is 61.9 Å². The number of nitrogens with one attached hydrogen (secondary N) is 1. The summed E-state index contributed by atoms with van der Waals surface area (Å²) in [6, 6.07) is 0. The minimum Gasteiger partial charge on any atom is -0.458 e. The molecule has 37 heavy (non-hydrogen) atoms. The zero-order valence-corrected chi connectivity index (χ0v) is 24.7. The maximum Gasteiger partial charge on any atom is 0.314 e. The third kappa shape index (κ3) is 6.40. The second-order valence-electron chi connectivity index (χ2n) is 15.8. The fourth-order valence-electron chi connectivity index (χ4n) is 7.93. The quantitative estimate of drug-likeness (QED) is 0.260. The molecule has 7 N–H and O–H groups in total. The maximum atomic E-state index is 14.0. The largest absolute Gasteiger partial charge is 0.458 e. The highest BCUT2D eigenvalue weighted by Crippen LogP contribution is 2.61. The predicted octanol–water partition coefficient (Wildman–Crippen LogP) is 2.95. The summed E-state index contributed by atoms with van der Waals surface area (Å²) < 4.78 is 6.33. The second-order valence-corrected chi connectivity index (χ2v) is 15.8. The van der Waals surface area contributed by atoms with Crippen LogP contribution in [0.3, 0.4) is 0 Å². The molecule has 4 fully saturated rings. The third-order valence-corrected chi connectivity index (χ3v) is 9.59. The van der Waals surface area contributed by atoms with Crippen LogP contribution in [0.1, 0.15) is 114 Å². The smallest absolute Gasteiger partial charge is 0.314 e. The SMILES string of the molecule is CC(=O)C(C)(CNC(C)(C)CC(C)(C(=O)OC12CC3CC(O)(CC(O)(C3)C1)C2)C(C)(C)N)CC(C)(C)N. The Labute approximate surface area is 223 Å². The van der Waals surface area contributed by atoms with Crippen LogP contribution >= 0.6 is 0 Å². The van der Waals surface area contributed by atoms with Crippen LogP contribution in [0.2, 0.25) is 0 Å². The lowest BCUT2D eigenvalue weighted by Gasteiger charge is -2.62. The average Bonchev–Trinajstić information content (AvgIpc) is 2.60. The van der Waals surface area contributed by atoms with Crippen molar-refractivity contribution in [2.75, 3.05) is 6.54 Å². The standard InChI is InChI=1S/C29H53N3O5/c1-19(33)25(8,13-22(2,3)30)18-32-23(4,5)14-26(9,24(6,7)31)21(34)37-29-12-20-10-27(35,16-29)15-28(36,11-20)17-29/h20,32,35-36H,10-18,30-31H2,1-9H3. The van der Waals surface area contributed by atoms with E-state index in [1.54, 1.807) is 6.92 Å². The van der Waals surface area contributed by atoms with Crippen LogP contribution in [0.5, 0.6) is 0 Å². The predicted molar refractivity (Wildman–Crippen MR) is 145 cm³/mol. The lowest BCUT2D eigenvalue weighted by molar-refractivity contribution is -0.265. The van der Waals surface area contributed by atoms with Crippen LogP contribution < -0.4 is 16.8 Å². The molecule has 0 spiro atoms. The van der Waals surface area contributed by atoms with Gasteiger partial charge >= 0.3 is 5.97 Å². The van der Waals surface area contributed by atoms with E-state index in [0.717, 1.165) is 0 Å². The summed E-state index contributed by atoms with van der Waals surface area (Å²) in [5.74, 6) is -0.194. The number of rotatable bonds is 11. The molecule has 8 heteroatoms. The number of aliphatic hydroxyl groups is 2. The minimum absolute atomic E-state index is 0.0633. The molecule has 0 aromatic heterocycles. The Morgan fingerprint density at radius 1 is 0.892 bits per heavy atom. The molecule has 0 aliphatic heterocycles. The Balaban J connectivity index is 1.80. The van der Waals surface area contributed by atoms with Crippen LogP contribution in [0.15, 0.2) is 0 Å². The van der Waals surface area contributed by atoms with E-state index in [1.807, 2.05) is 55.4 Å². The Morgan fingerprint density at radius 3 is 1.81 bits per heavy atom. The van der Waals surface area contributed by atoms with Gasteiger partial charge in [-0.05, 0) is 93.4 Å². The van der Waals surface area contributed by atoms with Crippen molar-refractivity contribution in [3.05, 3.63) is 0 Å². The van der Waals surface area contributed by atoms with Gasteiger partial charge in [0.05, 0.1) is 16.6 Å². The summed E-state index contributed by atoms with van der Waals surface area (Å²) in [5, 5.41) is 25.8. The zero-order chi connectivity index (χ0) is 28.5. The van der Waals surface area contributed by atoms with Crippen molar-refractivity contribution in [2.45, 2.75) is 147 Å². The molecule has 0 amide bonds. The van der Waals surface area contributed by atoms with Gasteiger partial charge in [0.1, 0.15) is 11.4 Å². The summed E-state index contributed by atoms with van der Waals surface area (Å²) in [5.41, 5.74) is 6.37. The van der Waals surface area contributed by atoms with E-state index >= 15 is 0 Å². The molecule has 214 valence electrons. The molecule has 4 atom stereocenters. The molecule has 4 unspecified atom stereocenters. The van der Waals surface area contributed by atoms with E-state index in [1.165, 1.54) is 0 Å². The first-order chi connectivity index (χ1) is 16.3. The van der Waals surface area contributed by atoms with Gasteiger partial charge in [0, 0.05) is 47.8 Å². The number of ether oxygens (including phenoxy) is 1.